The lowest BCUT2D eigenvalue weighted by atomic mass is 9.92. The maximum atomic E-state index is 13.9. The number of halogens is 1. The lowest BCUT2D eigenvalue weighted by Crippen LogP contribution is -2.38. The monoisotopic (exact) mass is 237 g/mol. The quantitative estimate of drug-likeness (QED) is 0.819. The largest absolute Gasteiger partial charge is 0.388 e. The molecule has 0 bridgehead atoms. The van der Waals surface area contributed by atoms with Crippen LogP contribution in [-0.4, -0.2) is 26.1 Å². The van der Waals surface area contributed by atoms with Crippen LogP contribution in [0, 0.1) is 5.82 Å². The van der Waals surface area contributed by atoms with E-state index in [9.17, 15) is 4.39 Å². The van der Waals surface area contributed by atoms with E-state index in [-0.39, 0.29) is 5.82 Å². The Morgan fingerprint density at radius 1 is 1.53 bits per heavy atom. The van der Waals surface area contributed by atoms with E-state index in [1.54, 1.807) is 19.2 Å². The Labute approximate surface area is 99.7 Å². The summed E-state index contributed by atoms with van der Waals surface area (Å²) >= 11 is 0. The van der Waals surface area contributed by atoms with Gasteiger partial charge in [-0.2, -0.15) is 0 Å². The molecule has 0 aromatic heterocycles. The minimum absolute atomic E-state index is 0.298. The predicted molar refractivity (Wildman–Crippen MR) is 65.7 cm³/mol. The van der Waals surface area contributed by atoms with Crippen LogP contribution in [0.15, 0.2) is 23.2 Å². The standard InChI is InChI=1S/C12H16FN3O/c1-12(7-17-6-11(14)16-12)9-5-8(15-2)3-4-10(9)13/h3-5,15H,6-7H2,1-2H3,(H2,14,16)/t12-/m0/s1. The molecule has 4 nitrogen and oxygen atoms in total. The van der Waals surface area contributed by atoms with Crippen molar-refractivity contribution in [1.29, 1.82) is 0 Å². The molecule has 0 saturated carbocycles. The zero-order valence-corrected chi connectivity index (χ0v) is 9.96. The molecular weight excluding hydrogens is 221 g/mol. The highest BCUT2D eigenvalue weighted by Crippen LogP contribution is 2.31. The van der Waals surface area contributed by atoms with E-state index >= 15 is 0 Å². The average Bonchev–Trinajstić information content (AvgIpc) is 2.29. The molecule has 1 aliphatic heterocycles. The van der Waals surface area contributed by atoms with Gasteiger partial charge in [-0.25, -0.2) is 4.39 Å². The van der Waals surface area contributed by atoms with Crippen molar-refractivity contribution in [3.05, 3.63) is 29.6 Å². The third-order valence-corrected chi connectivity index (χ3v) is 2.86. The summed E-state index contributed by atoms with van der Waals surface area (Å²) in [5.41, 5.74) is 6.23. The van der Waals surface area contributed by atoms with Crippen molar-refractivity contribution in [2.45, 2.75) is 12.5 Å². The second kappa shape index (κ2) is 4.33. The Balaban J connectivity index is 2.48. The zero-order chi connectivity index (χ0) is 12.5. The van der Waals surface area contributed by atoms with Crippen molar-refractivity contribution < 1.29 is 9.13 Å². The van der Waals surface area contributed by atoms with Crippen LogP contribution in [0.25, 0.3) is 0 Å². The van der Waals surface area contributed by atoms with E-state index in [1.807, 2.05) is 6.92 Å². The number of hydrogen-bond acceptors (Lipinski definition) is 4. The van der Waals surface area contributed by atoms with Gasteiger partial charge in [-0.3, -0.25) is 4.99 Å². The molecule has 0 aliphatic carbocycles. The lowest BCUT2D eigenvalue weighted by Gasteiger charge is -2.30. The van der Waals surface area contributed by atoms with Crippen LogP contribution in [0.1, 0.15) is 12.5 Å². The maximum absolute atomic E-state index is 13.9. The SMILES string of the molecule is CNc1ccc(F)c([C@]2(C)COCC(N)=N2)c1. The summed E-state index contributed by atoms with van der Waals surface area (Å²) in [6.45, 7) is 2.46. The molecule has 0 unspecified atom stereocenters. The van der Waals surface area contributed by atoms with E-state index in [0.717, 1.165) is 5.69 Å². The number of aliphatic imine (C=N–C) groups is 1. The second-order valence-corrected chi connectivity index (χ2v) is 4.31. The molecule has 1 aliphatic rings. The Kier molecular flexibility index (Phi) is 3.02. The number of ether oxygens (including phenoxy) is 1. The first-order chi connectivity index (χ1) is 8.05. The zero-order valence-electron chi connectivity index (χ0n) is 9.96. The molecule has 0 amide bonds. The summed E-state index contributed by atoms with van der Waals surface area (Å²) in [5, 5.41) is 2.97. The van der Waals surface area contributed by atoms with Gasteiger partial charge in [0.1, 0.15) is 23.8 Å². The van der Waals surface area contributed by atoms with Crippen molar-refractivity contribution in [2.24, 2.45) is 10.7 Å². The van der Waals surface area contributed by atoms with E-state index in [1.165, 1.54) is 6.07 Å². The van der Waals surface area contributed by atoms with Gasteiger partial charge in [-0.15, -0.1) is 0 Å². The van der Waals surface area contributed by atoms with Crippen molar-refractivity contribution >= 4 is 11.5 Å². The number of anilines is 1. The van der Waals surface area contributed by atoms with Crippen LogP contribution >= 0.6 is 0 Å². The van der Waals surface area contributed by atoms with Crippen LogP contribution in [0.4, 0.5) is 10.1 Å². The number of benzene rings is 1. The van der Waals surface area contributed by atoms with Crippen molar-refractivity contribution in [2.75, 3.05) is 25.6 Å². The maximum Gasteiger partial charge on any atom is 0.129 e. The molecule has 3 N–H and O–H groups in total. The summed E-state index contributed by atoms with van der Waals surface area (Å²) in [6.07, 6.45) is 0. The first kappa shape index (κ1) is 11.9. The molecule has 2 rings (SSSR count). The molecule has 1 aromatic rings. The number of amidine groups is 1. The minimum atomic E-state index is -0.751. The van der Waals surface area contributed by atoms with Crippen molar-refractivity contribution in [3.8, 4) is 0 Å². The van der Waals surface area contributed by atoms with Gasteiger partial charge in [0, 0.05) is 18.3 Å². The van der Waals surface area contributed by atoms with Crippen LogP contribution in [-0.2, 0) is 10.3 Å². The third kappa shape index (κ3) is 2.24. The van der Waals surface area contributed by atoms with E-state index < -0.39 is 5.54 Å². The highest BCUT2D eigenvalue weighted by molar-refractivity contribution is 5.82. The number of nitrogens with zero attached hydrogens (tertiary/aromatic N) is 1. The molecule has 1 atom stereocenters. The average molecular weight is 237 g/mol. The smallest absolute Gasteiger partial charge is 0.129 e. The van der Waals surface area contributed by atoms with E-state index in [4.69, 9.17) is 10.5 Å². The van der Waals surface area contributed by atoms with Crippen LogP contribution < -0.4 is 11.1 Å². The Morgan fingerprint density at radius 2 is 2.29 bits per heavy atom. The molecule has 92 valence electrons. The minimum Gasteiger partial charge on any atom is -0.388 e. The number of nitrogens with two attached hydrogens (primary N) is 1. The molecule has 0 saturated heterocycles. The van der Waals surface area contributed by atoms with Gasteiger partial charge < -0.3 is 15.8 Å². The Bertz CT molecular complexity index is 461. The van der Waals surface area contributed by atoms with Gasteiger partial charge in [-0.05, 0) is 25.1 Å². The van der Waals surface area contributed by atoms with Gasteiger partial charge in [0.2, 0.25) is 0 Å². The highest BCUT2D eigenvalue weighted by atomic mass is 19.1. The number of nitrogens with one attached hydrogen (secondary N) is 1. The number of rotatable bonds is 2. The molecule has 5 heteroatoms. The number of hydrogen-bond donors (Lipinski definition) is 2. The van der Waals surface area contributed by atoms with Gasteiger partial charge in [0.25, 0.3) is 0 Å². The molecule has 17 heavy (non-hydrogen) atoms. The highest BCUT2D eigenvalue weighted by Gasteiger charge is 2.32. The normalized spacial score (nSPS) is 24.3. The van der Waals surface area contributed by atoms with E-state index in [2.05, 4.69) is 10.3 Å². The summed E-state index contributed by atoms with van der Waals surface area (Å²) < 4.78 is 19.2. The molecule has 0 fully saturated rings. The Morgan fingerprint density at radius 3 is 2.94 bits per heavy atom. The van der Waals surface area contributed by atoms with Crippen LogP contribution in [0.5, 0.6) is 0 Å². The first-order valence-electron chi connectivity index (χ1n) is 5.45. The first-order valence-corrected chi connectivity index (χ1v) is 5.45. The van der Waals surface area contributed by atoms with Gasteiger partial charge >= 0.3 is 0 Å². The van der Waals surface area contributed by atoms with Gasteiger partial charge in [0.15, 0.2) is 0 Å². The van der Waals surface area contributed by atoms with Gasteiger partial charge in [0.05, 0.1) is 6.61 Å². The topological polar surface area (TPSA) is 59.6 Å². The fraction of sp³-hybridized carbons (Fsp3) is 0.417. The van der Waals surface area contributed by atoms with E-state index in [0.29, 0.717) is 24.6 Å². The van der Waals surface area contributed by atoms with Gasteiger partial charge in [-0.1, -0.05) is 0 Å². The fourth-order valence-electron chi connectivity index (χ4n) is 1.97. The third-order valence-electron chi connectivity index (χ3n) is 2.86. The van der Waals surface area contributed by atoms with Crippen molar-refractivity contribution in [3.63, 3.8) is 0 Å². The van der Waals surface area contributed by atoms with Crippen LogP contribution in [0.2, 0.25) is 0 Å². The second-order valence-electron chi connectivity index (χ2n) is 4.31. The summed E-state index contributed by atoms with van der Waals surface area (Å²) in [6, 6.07) is 4.84. The summed E-state index contributed by atoms with van der Waals surface area (Å²) in [4.78, 5) is 4.32. The molecule has 0 spiro atoms. The summed E-state index contributed by atoms with van der Waals surface area (Å²) in [7, 11) is 1.79. The molecule has 1 aromatic carbocycles. The summed E-state index contributed by atoms with van der Waals surface area (Å²) in [5.74, 6) is 0.0987. The Hall–Kier alpha value is -1.62. The molecule has 1 heterocycles. The predicted octanol–water partition coefficient (Wildman–Crippen LogP) is 1.47. The lowest BCUT2D eigenvalue weighted by molar-refractivity contribution is 0.104. The molecule has 0 radical (unpaired) electrons. The fourth-order valence-corrected chi connectivity index (χ4v) is 1.97. The molecular formula is C12H16FN3O. The van der Waals surface area contributed by atoms with Crippen LogP contribution in [0.3, 0.4) is 0 Å². The van der Waals surface area contributed by atoms with Crippen molar-refractivity contribution in [1.82, 2.24) is 0 Å².